The van der Waals surface area contributed by atoms with Crippen molar-refractivity contribution >= 4 is 40.1 Å². The van der Waals surface area contributed by atoms with Gasteiger partial charge < -0.3 is 10.3 Å². The first-order chi connectivity index (χ1) is 15.5. The van der Waals surface area contributed by atoms with E-state index in [9.17, 15) is 9.18 Å². The van der Waals surface area contributed by atoms with Crippen LogP contribution in [0.25, 0.3) is 10.9 Å². The number of aliphatic imine (C=N–C) groups is 1. The maximum Gasteiger partial charge on any atom is 0.258 e. The summed E-state index contributed by atoms with van der Waals surface area (Å²) >= 11 is 5.83. The van der Waals surface area contributed by atoms with E-state index < -0.39 is 11.7 Å². The number of H-pyrrole nitrogens is 1. The zero-order valence-corrected chi connectivity index (χ0v) is 18.2. The molecule has 1 aromatic heterocycles. The predicted octanol–water partition coefficient (Wildman–Crippen LogP) is 5.71. The summed E-state index contributed by atoms with van der Waals surface area (Å²) in [4.78, 5) is 20.6. The van der Waals surface area contributed by atoms with Gasteiger partial charge in [0, 0.05) is 34.9 Å². The number of rotatable bonds is 5. The summed E-state index contributed by atoms with van der Waals surface area (Å²) in [5.74, 6) is -0.701. The molecule has 5 nitrogen and oxygen atoms in total. The van der Waals surface area contributed by atoms with Gasteiger partial charge in [0.05, 0.1) is 5.02 Å². The van der Waals surface area contributed by atoms with Crippen molar-refractivity contribution in [2.24, 2.45) is 4.99 Å². The Morgan fingerprint density at radius 3 is 2.75 bits per heavy atom. The third-order valence-corrected chi connectivity index (χ3v) is 5.31. The number of amides is 1. The predicted molar refractivity (Wildman–Crippen MR) is 128 cm³/mol. The lowest BCUT2D eigenvalue weighted by Crippen LogP contribution is -2.36. The number of anilines is 1. The number of hydrogen-bond acceptors (Lipinski definition) is 2. The summed E-state index contributed by atoms with van der Waals surface area (Å²) in [7, 11) is 0. The molecule has 7 heteroatoms. The first kappa shape index (κ1) is 21.6. The molecule has 162 valence electrons. The van der Waals surface area contributed by atoms with Crippen molar-refractivity contribution in [1.82, 2.24) is 10.3 Å². The van der Waals surface area contributed by atoms with Gasteiger partial charge >= 0.3 is 0 Å². The molecule has 4 rings (SSSR count). The molecule has 3 aromatic carbocycles. The van der Waals surface area contributed by atoms with Gasteiger partial charge in [-0.2, -0.15) is 0 Å². The fourth-order valence-corrected chi connectivity index (χ4v) is 3.59. The number of para-hydroxylation sites is 1. The van der Waals surface area contributed by atoms with E-state index >= 15 is 0 Å². The normalized spacial score (nSPS) is 11.5. The number of aryl methyl sites for hydroxylation is 1. The van der Waals surface area contributed by atoms with Crippen LogP contribution in [0.4, 0.5) is 10.1 Å². The number of benzene rings is 3. The summed E-state index contributed by atoms with van der Waals surface area (Å²) in [5, 5.41) is 6.99. The number of guanidine groups is 1. The topological polar surface area (TPSA) is 69.3 Å². The Morgan fingerprint density at radius 1 is 1.09 bits per heavy atom. The minimum absolute atomic E-state index is 0.109. The number of carbonyl (C=O) groups is 1. The maximum atomic E-state index is 13.5. The molecule has 0 atom stereocenters. The minimum Gasteiger partial charge on any atom is -0.361 e. The summed E-state index contributed by atoms with van der Waals surface area (Å²) in [5.41, 5.74) is 4.34. The molecule has 0 saturated heterocycles. The van der Waals surface area contributed by atoms with Crippen LogP contribution in [-0.4, -0.2) is 23.4 Å². The van der Waals surface area contributed by atoms with Crippen LogP contribution in [-0.2, 0) is 6.42 Å². The maximum absolute atomic E-state index is 13.5. The molecule has 0 saturated carbocycles. The van der Waals surface area contributed by atoms with Crippen molar-refractivity contribution in [2.75, 3.05) is 11.9 Å². The van der Waals surface area contributed by atoms with Crippen LogP contribution in [0.1, 0.15) is 21.5 Å². The first-order valence-corrected chi connectivity index (χ1v) is 10.6. The first-order valence-electron chi connectivity index (χ1n) is 10.2. The second-order valence-electron chi connectivity index (χ2n) is 7.42. The zero-order chi connectivity index (χ0) is 22.5. The fourth-order valence-electron chi connectivity index (χ4n) is 3.41. The molecule has 0 unspecified atom stereocenters. The smallest absolute Gasteiger partial charge is 0.258 e. The molecule has 0 fully saturated rings. The number of aromatic nitrogens is 1. The van der Waals surface area contributed by atoms with E-state index in [1.165, 1.54) is 18.2 Å². The summed E-state index contributed by atoms with van der Waals surface area (Å²) in [6, 6.07) is 19.7. The molecule has 4 aromatic rings. The van der Waals surface area contributed by atoms with Crippen LogP contribution in [0.5, 0.6) is 0 Å². The lowest BCUT2D eigenvalue weighted by atomic mass is 10.1. The van der Waals surface area contributed by atoms with E-state index in [0.29, 0.717) is 18.9 Å². The number of fused-ring (bicyclic) bond motifs is 1. The van der Waals surface area contributed by atoms with E-state index in [0.717, 1.165) is 27.7 Å². The molecule has 0 spiro atoms. The molecule has 1 heterocycles. The van der Waals surface area contributed by atoms with Gasteiger partial charge in [-0.15, -0.1) is 0 Å². The second kappa shape index (κ2) is 9.66. The van der Waals surface area contributed by atoms with E-state index in [4.69, 9.17) is 11.6 Å². The summed E-state index contributed by atoms with van der Waals surface area (Å²) in [6.07, 6.45) is 2.67. The molecule has 0 bridgehead atoms. The SMILES string of the molecule is Cc1cccc(NC(=NCCc2c[nH]c3ccccc23)NC(=O)c2ccc(F)c(Cl)c2)c1. The third-order valence-electron chi connectivity index (χ3n) is 5.02. The quantitative estimate of drug-likeness (QED) is 0.270. The Morgan fingerprint density at radius 2 is 1.94 bits per heavy atom. The standard InChI is InChI=1S/C25H22ClFN4O/c1-16-5-4-6-19(13-16)30-25(31-24(32)17-9-10-22(27)21(26)14-17)28-12-11-18-15-29-23-8-3-2-7-20(18)23/h2-10,13-15,29H,11-12H2,1H3,(H2,28,30,31,32). The van der Waals surface area contributed by atoms with Gasteiger partial charge in [-0.3, -0.25) is 15.1 Å². The Kier molecular flexibility index (Phi) is 6.52. The van der Waals surface area contributed by atoms with Gasteiger partial charge in [-0.25, -0.2) is 4.39 Å². The zero-order valence-electron chi connectivity index (χ0n) is 17.5. The highest BCUT2D eigenvalue weighted by Gasteiger charge is 2.12. The van der Waals surface area contributed by atoms with Crippen molar-refractivity contribution in [3.63, 3.8) is 0 Å². The lowest BCUT2D eigenvalue weighted by molar-refractivity contribution is 0.0977. The highest BCUT2D eigenvalue weighted by Crippen LogP contribution is 2.18. The fraction of sp³-hybridized carbons (Fsp3) is 0.120. The van der Waals surface area contributed by atoms with Crippen molar-refractivity contribution in [3.8, 4) is 0 Å². The van der Waals surface area contributed by atoms with E-state index in [2.05, 4.69) is 26.7 Å². The highest BCUT2D eigenvalue weighted by molar-refractivity contribution is 6.31. The van der Waals surface area contributed by atoms with Gasteiger partial charge in [0.2, 0.25) is 5.96 Å². The van der Waals surface area contributed by atoms with Gasteiger partial charge in [0.25, 0.3) is 5.91 Å². The lowest BCUT2D eigenvalue weighted by Gasteiger charge is -2.12. The van der Waals surface area contributed by atoms with E-state index in [1.54, 1.807) is 0 Å². The molecule has 32 heavy (non-hydrogen) atoms. The van der Waals surface area contributed by atoms with Gasteiger partial charge in [-0.1, -0.05) is 41.9 Å². The molecular formula is C25H22ClFN4O. The number of hydrogen-bond donors (Lipinski definition) is 3. The molecular weight excluding hydrogens is 427 g/mol. The molecule has 0 aliphatic heterocycles. The number of nitrogens with zero attached hydrogens (tertiary/aromatic N) is 1. The van der Waals surface area contributed by atoms with Crippen LogP contribution in [0.15, 0.2) is 77.9 Å². The highest BCUT2D eigenvalue weighted by atomic mass is 35.5. The monoisotopic (exact) mass is 448 g/mol. The molecule has 3 N–H and O–H groups in total. The third kappa shape index (κ3) is 5.15. The van der Waals surface area contributed by atoms with Crippen LogP contribution in [0.2, 0.25) is 5.02 Å². The van der Waals surface area contributed by atoms with Crippen molar-refractivity contribution in [1.29, 1.82) is 0 Å². The Bertz CT molecular complexity index is 1300. The molecule has 0 radical (unpaired) electrons. The van der Waals surface area contributed by atoms with Gasteiger partial charge in [0.1, 0.15) is 5.82 Å². The van der Waals surface area contributed by atoms with E-state index in [-0.39, 0.29) is 10.6 Å². The molecule has 0 aliphatic rings. The average molecular weight is 449 g/mol. The van der Waals surface area contributed by atoms with Gasteiger partial charge in [-0.05, 0) is 60.9 Å². The minimum atomic E-state index is -0.575. The summed E-state index contributed by atoms with van der Waals surface area (Å²) in [6.45, 7) is 2.44. The van der Waals surface area contributed by atoms with Crippen molar-refractivity contribution in [2.45, 2.75) is 13.3 Å². The molecule has 1 amide bonds. The number of nitrogens with one attached hydrogen (secondary N) is 3. The Hall–Kier alpha value is -3.64. The molecule has 0 aliphatic carbocycles. The van der Waals surface area contributed by atoms with Gasteiger partial charge in [0.15, 0.2) is 0 Å². The largest absolute Gasteiger partial charge is 0.361 e. The van der Waals surface area contributed by atoms with Crippen LogP contribution in [0.3, 0.4) is 0 Å². The Labute approximate surface area is 190 Å². The average Bonchev–Trinajstić information content (AvgIpc) is 3.19. The second-order valence-corrected chi connectivity index (χ2v) is 7.82. The van der Waals surface area contributed by atoms with Crippen molar-refractivity contribution < 1.29 is 9.18 Å². The van der Waals surface area contributed by atoms with Crippen LogP contribution in [0, 0.1) is 12.7 Å². The van der Waals surface area contributed by atoms with Crippen LogP contribution >= 0.6 is 11.6 Å². The summed E-state index contributed by atoms with van der Waals surface area (Å²) < 4.78 is 13.5. The number of halogens is 2. The Balaban J connectivity index is 1.53. The number of carbonyl (C=O) groups excluding carboxylic acids is 1. The van der Waals surface area contributed by atoms with E-state index in [1.807, 2.05) is 55.6 Å². The van der Waals surface area contributed by atoms with Crippen molar-refractivity contribution in [3.05, 3.63) is 100 Å². The van der Waals surface area contributed by atoms with Crippen LogP contribution < -0.4 is 10.6 Å². The number of aromatic amines is 1.